The number of hydrogen-bond donors (Lipinski definition) is 0. The van der Waals surface area contributed by atoms with Gasteiger partial charge in [-0.15, -0.1) is 6.58 Å². The number of hydrogen-bond acceptors (Lipinski definition) is 0. The van der Waals surface area contributed by atoms with Gasteiger partial charge >= 0.3 is 0 Å². The number of allylic oxidation sites excluding steroid dienone is 3. The van der Waals surface area contributed by atoms with Crippen molar-refractivity contribution >= 4 is 0 Å². The van der Waals surface area contributed by atoms with E-state index in [1.165, 1.54) is 0 Å². The summed E-state index contributed by atoms with van der Waals surface area (Å²) in [5.74, 6) is -0.115. The van der Waals surface area contributed by atoms with Crippen LogP contribution in [0.15, 0.2) is 55.1 Å². The smallest absolute Gasteiger partial charge is 0.0997 e. The molecular formula is C13H15F. The first-order valence-corrected chi connectivity index (χ1v) is 4.77. The SMILES string of the molecule is C=CC/C=C/[C@@H](CF)c1ccccc1. The fraction of sp³-hybridized carbons (Fsp3) is 0.231. The van der Waals surface area contributed by atoms with Gasteiger partial charge in [-0.1, -0.05) is 48.6 Å². The molecule has 1 atom stereocenters. The van der Waals surface area contributed by atoms with Crippen molar-refractivity contribution in [2.24, 2.45) is 0 Å². The molecule has 0 spiro atoms. The highest BCUT2D eigenvalue weighted by Gasteiger charge is 2.05. The summed E-state index contributed by atoms with van der Waals surface area (Å²) in [6, 6.07) is 9.69. The van der Waals surface area contributed by atoms with E-state index in [4.69, 9.17) is 0 Å². The van der Waals surface area contributed by atoms with Gasteiger partial charge in [-0.3, -0.25) is 4.39 Å². The van der Waals surface area contributed by atoms with Crippen LogP contribution >= 0.6 is 0 Å². The number of benzene rings is 1. The summed E-state index contributed by atoms with van der Waals surface area (Å²) < 4.78 is 12.7. The minimum atomic E-state index is -0.350. The summed E-state index contributed by atoms with van der Waals surface area (Å²) in [7, 11) is 0. The molecule has 0 aliphatic heterocycles. The first kappa shape index (κ1) is 10.7. The predicted molar refractivity (Wildman–Crippen MR) is 59.1 cm³/mol. The molecule has 74 valence electrons. The maximum absolute atomic E-state index is 12.7. The van der Waals surface area contributed by atoms with Crippen molar-refractivity contribution in [3.63, 3.8) is 0 Å². The Bertz CT molecular complexity index is 287. The van der Waals surface area contributed by atoms with Gasteiger partial charge in [0.25, 0.3) is 0 Å². The normalized spacial score (nSPS) is 12.9. The molecule has 0 radical (unpaired) electrons. The van der Waals surface area contributed by atoms with E-state index < -0.39 is 0 Å². The zero-order valence-corrected chi connectivity index (χ0v) is 8.20. The predicted octanol–water partition coefficient (Wildman–Crippen LogP) is 3.87. The lowest BCUT2D eigenvalue weighted by Gasteiger charge is -2.07. The van der Waals surface area contributed by atoms with Crippen LogP contribution in [0.1, 0.15) is 17.9 Å². The van der Waals surface area contributed by atoms with E-state index in [1.54, 1.807) is 6.08 Å². The summed E-state index contributed by atoms with van der Waals surface area (Å²) in [6.45, 7) is 3.26. The van der Waals surface area contributed by atoms with Gasteiger partial charge in [-0.05, 0) is 12.0 Å². The van der Waals surface area contributed by atoms with Crippen molar-refractivity contribution in [1.82, 2.24) is 0 Å². The van der Waals surface area contributed by atoms with Crippen LogP contribution in [0.3, 0.4) is 0 Å². The van der Waals surface area contributed by atoms with Gasteiger partial charge in [0.15, 0.2) is 0 Å². The Balaban J connectivity index is 2.67. The molecular weight excluding hydrogens is 175 g/mol. The average molecular weight is 190 g/mol. The van der Waals surface area contributed by atoms with E-state index in [-0.39, 0.29) is 12.6 Å². The molecule has 0 nitrogen and oxygen atoms in total. The van der Waals surface area contributed by atoms with Gasteiger partial charge in [0.05, 0.1) is 6.67 Å². The zero-order valence-electron chi connectivity index (χ0n) is 8.20. The van der Waals surface area contributed by atoms with E-state index in [0.717, 1.165) is 12.0 Å². The van der Waals surface area contributed by atoms with Crippen LogP contribution in [-0.4, -0.2) is 6.67 Å². The van der Waals surface area contributed by atoms with Crippen LogP contribution in [0, 0.1) is 0 Å². The maximum Gasteiger partial charge on any atom is 0.0997 e. The molecule has 0 bridgehead atoms. The third-order valence-electron chi connectivity index (χ3n) is 2.07. The molecule has 0 unspecified atom stereocenters. The highest BCUT2D eigenvalue weighted by molar-refractivity contribution is 5.23. The standard InChI is InChI=1S/C13H15F/c1-2-3-5-10-13(11-14)12-8-6-4-7-9-12/h2,4-10,13H,1,3,11H2/b10-5+/t13-/m0/s1. The van der Waals surface area contributed by atoms with Crippen molar-refractivity contribution in [3.8, 4) is 0 Å². The molecule has 14 heavy (non-hydrogen) atoms. The summed E-state index contributed by atoms with van der Waals surface area (Å²) >= 11 is 0. The zero-order chi connectivity index (χ0) is 10.2. The number of rotatable bonds is 5. The molecule has 0 amide bonds. The highest BCUT2D eigenvalue weighted by Crippen LogP contribution is 2.17. The fourth-order valence-corrected chi connectivity index (χ4v) is 1.29. The van der Waals surface area contributed by atoms with Crippen LogP contribution in [0.2, 0.25) is 0 Å². The highest BCUT2D eigenvalue weighted by atomic mass is 19.1. The first-order valence-electron chi connectivity index (χ1n) is 4.77. The average Bonchev–Trinajstić information content (AvgIpc) is 2.26. The molecule has 0 aliphatic carbocycles. The Morgan fingerprint density at radius 1 is 1.29 bits per heavy atom. The topological polar surface area (TPSA) is 0 Å². The third-order valence-corrected chi connectivity index (χ3v) is 2.07. The van der Waals surface area contributed by atoms with Crippen LogP contribution in [0.4, 0.5) is 4.39 Å². The van der Waals surface area contributed by atoms with E-state index in [1.807, 2.05) is 42.5 Å². The summed E-state index contributed by atoms with van der Waals surface area (Å²) in [5, 5.41) is 0. The van der Waals surface area contributed by atoms with Crippen molar-refractivity contribution in [1.29, 1.82) is 0 Å². The van der Waals surface area contributed by atoms with Gasteiger partial charge in [0.1, 0.15) is 0 Å². The molecule has 1 rings (SSSR count). The molecule has 1 aromatic carbocycles. The Kier molecular flexibility index (Phi) is 4.70. The van der Waals surface area contributed by atoms with E-state index in [9.17, 15) is 4.39 Å². The van der Waals surface area contributed by atoms with Crippen molar-refractivity contribution in [2.45, 2.75) is 12.3 Å². The quantitative estimate of drug-likeness (QED) is 0.618. The molecule has 0 saturated heterocycles. The lowest BCUT2D eigenvalue weighted by atomic mass is 10.00. The Morgan fingerprint density at radius 3 is 2.57 bits per heavy atom. The van der Waals surface area contributed by atoms with E-state index in [2.05, 4.69) is 6.58 Å². The molecule has 1 heteroatoms. The second kappa shape index (κ2) is 6.14. The summed E-state index contributed by atoms with van der Waals surface area (Å²) in [4.78, 5) is 0. The van der Waals surface area contributed by atoms with Crippen molar-refractivity contribution in [2.75, 3.05) is 6.67 Å². The summed E-state index contributed by atoms with van der Waals surface area (Å²) in [5.41, 5.74) is 1.02. The van der Waals surface area contributed by atoms with Crippen molar-refractivity contribution in [3.05, 3.63) is 60.7 Å². The first-order chi connectivity index (χ1) is 6.88. The summed E-state index contributed by atoms with van der Waals surface area (Å²) in [6.07, 6.45) is 6.45. The Morgan fingerprint density at radius 2 is 2.00 bits per heavy atom. The van der Waals surface area contributed by atoms with Gasteiger partial charge < -0.3 is 0 Å². The monoisotopic (exact) mass is 190 g/mol. The minimum absolute atomic E-state index is 0.115. The van der Waals surface area contributed by atoms with Gasteiger partial charge in [0.2, 0.25) is 0 Å². The molecule has 0 N–H and O–H groups in total. The van der Waals surface area contributed by atoms with Crippen LogP contribution in [0.5, 0.6) is 0 Å². The fourth-order valence-electron chi connectivity index (χ4n) is 1.29. The van der Waals surface area contributed by atoms with Gasteiger partial charge in [-0.25, -0.2) is 0 Å². The minimum Gasteiger partial charge on any atom is -0.250 e. The molecule has 0 aliphatic rings. The third kappa shape index (κ3) is 3.17. The molecule has 0 saturated carbocycles. The van der Waals surface area contributed by atoms with Gasteiger partial charge in [0, 0.05) is 5.92 Å². The molecule has 0 heterocycles. The van der Waals surface area contributed by atoms with E-state index in [0.29, 0.717) is 0 Å². The lowest BCUT2D eigenvalue weighted by molar-refractivity contribution is 0.466. The van der Waals surface area contributed by atoms with Crippen LogP contribution in [-0.2, 0) is 0 Å². The van der Waals surface area contributed by atoms with Crippen molar-refractivity contribution < 1.29 is 4.39 Å². The largest absolute Gasteiger partial charge is 0.250 e. The Labute approximate surface area is 84.8 Å². The molecule has 0 aromatic heterocycles. The van der Waals surface area contributed by atoms with Crippen LogP contribution < -0.4 is 0 Å². The molecule has 1 aromatic rings. The molecule has 0 fully saturated rings. The second-order valence-corrected chi connectivity index (χ2v) is 3.12. The Hall–Kier alpha value is -1.37. The number of halogens is 1. The van der Waals surface area contributed by atoms with Crippen LogP contribution in [0.25, 0.3) is 0 Å². The van der Waals surface area contributed by atoms with Gasteiger partial charge in [-0.2, -0.15) is 0 Å². The maximum atomic E-state index is 12.7. The second-order valence-electron chi connectivity index (χ2n) is 3.12. The number of alkyl halides is 1. The lowest BCUT2D eigenvalue weighted by Crippen LogP contribution is -1.96. The van der Waals surface area contributed by atoms with E-state index >= 15 is 0 Å².